The zero-order chi connectivity index (χ0) is 23.5. The summed E-state index contributed by atoms with van der Waals surface area (Å²) in [5.74, 6) is -2.19. The maximum atomic E-state index is 13.0. The SMILES string of the molecule is COCCOCCOC(=O)NC(C(=O)CC1Cc2nccn2CCNC(=O)C1=O)C(C)C. The number of hydrogen-bond acceptors (Lipinski definition) is 8. The summed E-state index contributed by atoms with van der Waals surface area (Å²) in [5.41, 5.74) is 0. The van der Waals surface area contributed by atoms with Crippen LogP contribution in [0.5, 0.6) is 0 Å². The monoisotopic (exact) mass is 452 g/mol. The smallest absolute Gasteiger partial charge is 0.407 e. The van der Waals surface area contributed by atoms with Crippen molar-refractivity contribution in [1.29, 1.82) is 0 Å². The topological polar surface area (TPSA) is 138 Å². The third-order valence-corrected chi connectivity index (χ3v) is 5.09. The molecule has 2 heterocycles. The lowest BCUT2D eigenvalue weighted by Gasteiger charge is -2.23. The number of nitrogens with zero attached hydrogens (tertiary/aromatic N) is 2. The van der Waals surface area contributed by atoms with Crippen LogP contribution in [-0.2, 0) is 41.6 Å². The number of methoxy groups -OCH3 is 1. The Morgan fingerprint density at radius 3 is 2.72 bits per heavy atom. The highest BCUT2D eigenvalue weighted by Crippen LogP contribution is 2.18. The van der Waals surface area contributed by atoms with Gasteiger partial charge in [-0.25, -0.2) is 9.78 Å². The highest BCUT2D eigenvalue weighted by Gasteiger charge is 2.33. The molecule has 0 saturated carbocycles. The Kier molecular flexibility index (Phi) is 10.3. The molecule has 1 aliphatic heterocycles. The van der Waals surface area contributed by atoms with Crippen LogP contribution in [0.4, 0.5) is 4.79 Å². The van der Waals surface area contributed by atoms with E-state index in [9.17, 15) is 19.2 Å². The van der Waals surface area contributed by atoms with Gasteiger partial charge in [-0.15, -0.1) is 0 Å². The number of imidazole rings is 1. The molecule has 0 aromatic carbocycles. The average Bonchev–Trinajstić information content (AvgIpc) is 3.20. The fourth-order valence-corrected chi connectivity index (χ4v) is 3.37. The standard InChI is InChI=1S/C21H32N4O7/c1-14(2)18(24-21(29)32-11-10-31-9-8-30-3)16(26)12-15-13-17-22-4-6-25(17)7-5-23-20(28)19(15)27/h4,6,14-15,18H,5,7-13H2,1-3H3,(H,23,28)(H,24,29). The van der Waals surface area contributed by atoms with Crippen molar-refractivity contribution in [2.24, 2.45) is 11.8 Å². The van der Waals surface area contributed by atoms with Gasteiger partial charge in [-0.1, -0.05) is 13.8 Å². The average molecular weight is 453 g/mol. The largest absolute Gasteiger partial charge is 0.447 e. The van der Waals surface area contributed by atoms with Crippen LogP contribution in [0.2, 0.25) is 0 Å². The molecule has 0 aliphatic carbocycles. The molecular formula is C21H32N4O7. The maximum absolute atomic E-state index is 13.0. The van der Waals surface area contributed by atoms with Gasteiger partial charge in [-0.05, 0) is 5.92 Å². The molecule has 0 radical (unpaired) electrons. The summed E-state index contributed by atoms with van der Waals surface area (Å²) in [4.78, 5) is 54.2. The minimum Gasteiger partial charge on any atom is -0.447 e. The Hall–Kier alpha value is -2.79. The zero-order valence-electron chi connectivity index (χ0n) is 18.8. The van der Waals surface area contributed by atoms with Crippen molar-refractivity contribution in [3.05, 3.63) is 18.2 Å². The van der Waals surface area contributed by atoms with Gasteiger partial charge in [0.2, 0.25) is 5.78 Å². The summed E-state index contributed by atoms with van der Waals surface area (Å²) in [6.07, 6.45) is 2.61. The Morgan fingerprint density at radius 2 is 2.00 bits per heavy atom. The summed E-state index contributed by atoms with van der Waals surface area (Å²) in [7, 11) is 1.56. The number of nitrogens with one attached hydrogen (secondary N) is 2. The molecule has 2 atom stereocenters. The van der Waals surface area contributed by atoms with Gasteiger partial charge in [-0.3, -0.25) is 14.4 Å². The molecule has 0 saturated heterocycles. The third kappa shape index (κ3) is 7.72. The van der Waals surface area contributed by atoms with Gasteiger partial charge in [-0.2, -0.15) is 0 Å². The second-order valence-corrected chi connectivity index (χ2v) is 7.84. The summed E-state index contributed by atoms with van der Waals surface area (Å²) in [6, 6.07) is -0.861. The van der Waals surface area contributed by atoms with Crippen molar-refractivity contribution in [3.63, 3.8) is 0 Å². The van der Waals surface area contributed by atoms with Gasteiger partial charge < -0.3 is 29.4 Å². The first-order chi connectivity index (χ1) is 15.3. The molecule has 2 N–H and O–H groups in total. The highest BCUT2D eigenvalue weighted by atomic mass is 16.6. The van der Waals surface area contributed by atoms with Crippen molar-refractivity contribution in [1.82, 2.24) is 20.2 Å². The van der Waals surface area contributed by atoms with Crippen molar-refractivity contribution in [3.8, 4) is 0 Å². The van der Waals surface area contributed by atoms with Crippen LogP contribution in [0.25, 0.3) is 0 Å². The molecular weight excluding hydrogens is 420 g/mol. The molecule has 0 fully saturated rings. The second kappa shape index (κ2) is 12.9. The molecule has 178 valence electrons. The Bertz CT molecular complexity index is 793. The van der Waals surface area contributed by atoms with Crippen LogP contribution < -0.4 is 10.6 Å². The minimum absolute atomic E-state index is 0.0263. The van der Waals surface area contributed by atoms with E-state index in [0.29, 0.717) is 32.1 Å². The summed E-state index contributed by atoms with van der Waals surface area (Å²) >= 11 is 0. The number of carbonyl (C=O) groups is 4. The number of fused-ring (bicyclic) bond motifs is 1. The van der Waals surface area contributed by atoms with Gasteiger partial charge >= 0.3 is 6.09 Å². The van der Waals surface area contributed by atoms with E-state index in [-0.39, 0.29) is 37.8 Å². The summed E-state index contributed by atoms with van der Waals surface area (Å²) in [6.45, 7) is 5.40. The van der Waals surface area contributed by atoms with Gasteiger partial charge in [0.05, 0.1) is 25.9 Å². The number of ether oxygens (including phenoxy) is 3. The van der Waals surface area contributed by atoms with E-state index in [2.05, 4.69) is 15.6 Å². The van der Waals surface area contributed by atoms with E-state index >= 15 is 0 Å². The third-order valence-electron chi connectivity index (χ3n) is 5.09. The summed E-state index contributed by atoms with van der Waals surface area (Å²) in [5, 5.41) is 5.14. The minimum atomic E-state index is -0.866. The number of Topliss-reactive ketones (excluding diaryl/α,β-unsaturated/α-hetero) is 2. The lowest BCUT2D eigenvalue weighted by Crippen LogP contribution is -2.46. The molecule has 1 aliphatic rings. The normalized spacial score (nSPS) is 17.6. The number of carbonyl (C=O) groups excluding carboxylic acids is 4. The van der Waals surface area contributed by atoms with E-state index in [1.807, 2.05) is 4.57 Å². The van der Waals surface area contributed by atoms with E-state index in [1.165, 1.54) is 0 Å². The van der Waals surface area contributed by atoms with Crippen LogP contribution in [0.15, 0.2) is 12.4 Å². The van der Waals surface area contributed by atoms with E-state index in [4.69, 9.17) is 14.2 Å². The van der Waals surface area contributed by atoms with E-state index in [0.717, 1.165) is 0 Å². The molecule has 11 nitrogen and oxygen atoms in total. The van der Waals surface area contributed by atoms with Crippen LogP contribution in [0.3, 0.4) is 0 Å². The van der Waals surface area contributed by atoms with Gasteiger partial charge in [0, 0.05) is 51.4 Å². The van der Waals surface area contributed by atoms with E-state index in [1.54, 1.807) is 33.4 Å². The van der Waals surface area contributed by atoms with Crippen LogP contribution in [0.1, 0.15) is 26.1 Å². The fourth-order valence-electron chi connectivity index (χ4n) is 3.37. The first-order valence-electron chi connectivity index (χ1n) is 10.7. The Balaban J connectivity index is 1.97. The van der Waals surface area contributed by atoms with Crippen LogP contribution in [0, 0.1) is 11.8 Å². The van der Waals surface area contributed by atoms with Crippen molar-refractivity contribution in [2.75, 3.05) is 40.1 Å². The van der Waals surface area contributed by atoms with Gasteiger partial charge in [0.15, 0.2) is 5.78 Å². The first kappa shape index (κ1) is 25.5. The predicted octanol–water partition coefficient (Wildman–Crippen LogP) is 0.114. The number of rotatable bonds is 11. The number of ketones is 2. The van der Waals surface area contributed by atoms with Crippen molar-refractivity contribution >= 4 is 23.6 Å². The number of amides is 2. The Labute approximate surface area is 187 Å². The number of alkyl carbamates (subject to hydrolysis) is 1. The first-order valence-corrected chi connectivity index (χ1v) is 10.7. The lowest BCUT2D eigenvalue weighted by molar-refractivity contribution is -0.141. The lowest BCUT2D eigenvalue weighted by atomic mass is 9.88. The quantitative estimate of drug-likeness (QED) is 0.357. The molecule has 32 heavy (non-hydrogen) atoms. The van der Waals surface area contributed by atoms with E-state index < -0.39 is 29.7 Å². The molecule has 0 spiro atoms. The predicted molar refractivity (Wildman–Crippen MR) is 113 cm³/mol. The molecule has 2 unspecified atom stereocenters. The van der Waals surface area contributed by atoms with Crippen LogP contribution >= 0.6 is 0 Å². The van der Waals surface area contributed by atoms with Gasteiger partial charge in [0.1, 0.15) is 12.4 Å². The number of aromatic nitrogens is 2. The van der Waals surface area contributed by atoms with Crippen LogP contribution in [-0.4, -0.2) is 79.2 Å². The molecule has 1 aromatic rings. The molecule has 2 rings (SSSR count). The Morgan fingerprint density at radius 1 is 1.25 bits per heavy atom. The van der Waals surface area contributed by atoms with Crippen molar-refractivity contribution < 1.29 is 33.4 Å². The highest BCUT2D eigenvalue weighted by molar-refractivity contribution is 6.37. The van der Waals surface area contributed by atoms with Gasteiger partial charge in [0.25, 0.3) is 5.91 Å². The fraction of sp³-hybridized carbons (Fsp3) is 0.667. The molecule has 1 aromatic heterocycles. The van der Waals surface area contributed by atoms with Crippen molar-refractivity contribution in [2.45, 2.75) is 39.3 Å². The zero-order valence-corrected chi connectivity index (χ0v) is 18.8. The molecule has 11 heteroatoms. The summed E-state index contributed by atoms with van der Waals surface area (Å²) < 4.78 is 17.0. The maximum Gasteiger partial charge on any atom is 0.407 e. The number of hydrogen-bond donors (Lipinski definition) is 2. The molecule has 0 bridgehead atoms. The second-order valence-electron chi connectivity index (χ2n) is 7.84. The molecule has 2 amide bonds.